The van der Waals surface area contributed by atoms with Gasteiger partial charge in [-0.1, -0.05) is 11.8 Å². The lowest BCUT2D eigenvalue weighted by atomic mass is 10.1. The Bertz CT molecular complexity index is 1530. The lowest BCUT2D eigenvalue weighted by molar-refractivity contribution is -0.113. The van der Waals surface area contributed by atoms with Crippen LogP contribution in [0.3, 0.4) is 0 Å². The summed E-state index contributed by atoms with van der Waals surface area (Å²) in [6.45, 7) is 4.55. The highest BCUT2D eigenvalue weighted by Crippen LogP contribution is 2.39. The second-order valence-electron chi connectivity index (χ2n) is 8.94. The molecule has 13 heteroatoms. The van der Waals surface area contributed by atoms with Gasteiger partial charge >= 0.3 is 5.97 Å². The maximum Gasteiger partial charge on any atom is 0.341 e. The van der Waals surface area contributed by atoms with Crippen molar-refractivity contribution in [2.75, 3.05) is 24.3 Å². The zero-order valence-corrected chi connectivity index (χ0v) is 24.2. The summed E-state index contributed by atoms with van der Waals surface area (Å²) in [6, 6.07) is 10.6. The van der Waals surface area contributed by atoms with E-state index in [4.69, 9.17) is 13.9 Å². The van der Waals surface area contributed by atoms with E-state index >= 15 is 0 Å². The second-order valence-corrected chi connectivity index (χ2v) is 11.0. The molecule has 1 aliphatic rings. The van der Waals surface area contributed by atoms with Crippen LogP contribution < -0.4 is 15.4 Å². The highest BCUT2D eigenvalue weighted by molar-refractivity contribution is 7.99. The van der Waals surface area contributed by atoms with Crippen LogP contribution >= 0.6 is 23.1 Å². The average molecular weight is 596 g/mol. The Morgan fingerprint density at radius 3 is 2.66 bits per heavy atom. The van der Waals surface area contributed by atoms with Crippen molar-refractivity contribution < 1.29 is 28.3 Å². The number of benzene rings is 1. The smallest absolute Gasteiger partial charge is 0.341 e. The lowest BCUT2D eigenvalue weighted by Gasteiger charge is -2.12. The van der Waals surface area contributed by atoms with Gasteiger partial charge in [-0.2, -0.15) is 0 Å². The Morgan fingerprint density at radius 2 is 1.93 bits per heavy atom. The SMILES string of the molecule is CCOC(=O)c1c(NC(=O)CSc2nnc(CNC(=O)c3ccco3)n2-c2ccc(OCC)cc2)sc2c1CCC2. The number of carbonyl (C=O) groups excluding carboxylic acids is 3. The largest absolute Gasteiger partial charge is 0.494 e. The van der Waals surface area contributed by atoms with Gasteiger partial charge in [-0.25, -0.2) is 4.79 Å². The van der Waals surface area contributed by atoms with Crippen molar-refractivity contribution in [2.24, 2.45) is 0 Å². The third-order valence-corrected chi connectivity index (χ3v) is 8.38. The van der Waals surface area contributed by atoms with E-state index in [1.807, 2.05) is 31.2 Å². The summed E-state index contributed by atoms with van der Waals surface area (Å²) in [5, 5.41) is 15.3. The number of ether oxygens (including phenoxy) is 2. The lowest BCUT2D eigenvalue weighted by Crippen LogP contribution is -2.24. The molecule has 214 valence electrons. The normalized spacial score (nSPS) is 12.1. The van der Waals surface area contributed by atoms with Crippen LogP contribution in [0.4, 0.5) is 5.00 Å². The zero-order valence-electron chi connectivity index (χ0n) is 22.6. The fraction of sp³-hybridized carbons (Fsp3) is 0.321. The first kappa shape index (κ1) is 28.4. The predicted octanol–water partition coefficient (Wildman–Crippen LogP) is 4.65. The second kappa shape index (κ2) is 13.0. The van der Waals surface area contributed by atoms with Gasteiger partial charge in [0.05, 0.1) is 37.3 Å². The van der Waals surface area contributed by atoms with E-state index < -0.39 is 5.97 Å². The number of esters is 1. The number of amides is 2. The van der Waals surface area contributed by atoms with Crippen molar-refractivity contribution in [1.29, 1.82) is 0 Å². The van der Waals surface area contributed by atoms with E-state index in [1.165, 1.54) is 29.4 Å². The van der Waals surface area contributed by atoms with Crippen LogP contribution in [0.5, 0.6) is 5.75 Å². The minimum absolute atomic E-state index is 0.0265. The van der Waals surface area contributed by atoms with E-state index in [0.717, 1.165) is 35.4 Å². The highest BCUT2D eigenvalue weighted by atomic mass is 32.2. The van der Waals surface area contributed by atoms with Crippen molar-refractivity contribution in [3.8, 4) is 11.4 Å². The third kappa shape index (κ3) is 6.46. The Balaban J connectivity index is 1.33. The van der Waals surface area contributed by atoms with Gasteiger partial charge in [0.1, 0.15) is 10.8 Å². The number of thioether (sulfide) groups is 1. The monoisotopic (exact) mass is 595 g/mol. The molecule has 0 radical (unpaired) electrons. The summed E-state index contributed by atoms with van der Waals surface area (Å²) >= 11 is 2.63. The Kier molecular flexibility index (Phi) is 9.04. The van der Waals surface area contributed by atoms with Gasteiger partial charge in [-0.15, -0.1) is 21.5 Å². The number of aryl methyl sites for hydroxylation is 1. The number of nitrogens with one attached hydrogen (secondary N) is 2. The van der Waals surface area contributed by atoms with E-state index in [2.05, 4.69) is 20.8 Å². The Labute approximate surface area is 244 Å². The molecule has 1 aliphatic carbocycles. The Morgan fingerprint density at radius 1 is 1.10 bits per heavy atom. The van der Waals surface area contributed by atoms with E-state index in [1.54, 1.807) is 23.6 Å². The number of aromatic nitrogens is 3. The molecule has 5 rings (SSSR count). The molecule has 3 heterocycles. The van der Waals surface area contributed by atoms with Gasteiger partial charge in [0.15, 0.2) is 16.7 Å². The summed E-state index contributed by atoms with van der Waals surface area (Å²) < 4.78 is 17.8. The summed E-state index contributed by atoms with van der Waals surface area (Å²) in [4.78, 5) is 39.3. The first-order chi connectivity index (χ1) is 20.0. The molecular weight excluding hydrogens is 566 g/mol. The molecule has 3 aromatic heterocycles. The number of hydrogen-bond donors (Lipinski definition) is 2. The van der Waals surface area contributed by atoms with Crippen LogP contribution in [-0.2, 0) is 28.9 Å². The van der Waals surface area contributed by atoms with Gasteiger partial charge in [0.25, 0.3) is 5.91 Å². The van der Waals surface area contributed by atoms with Gasteiger partial charge in [0.2, 0.25) is 5.91 Å². The molecule has 0 fully saturated rings. The molecule has 0 spiro atoms. The number of thiophene rings is 1. The van der Waals surface area contributed by atoms with Crippen LogP contribution in [0.25, 0.3) is 5.69 Å². The summed E-state index contributed by atoms with van der Waals surface area (Å²) in [6.07, 6.45) is 4.11. The molecule has 2 N–H and O–H groups in total. The maximum absolute atomic E-state index is 13.0. The molecule has 1 aromatic carbocycles. The Hall–Kier alpha value is -4.10. The molecule has 0 saturated carbocycles. The molecule has 0 saturated heterocycles. The molecular formula is C28H29N5O6S2. The summed E-state index contributed by atoms with van der Waals surface area (Å²) in [7, 11) is 0. The van der Waals surface area contributed by atoms with Crippen molar-refractivity contribution >= 4 is 45.9 Å². The molecule has 4 aromatic rings. The molecule has 0 atom stereocenters. The van der Waals surface area contributed by atoms with Gasteiger partial charge < -0.3 is 24.5 Å². The van der Waals surface area contributed by atoms with Crippen LogP contribution in [-0.4, -0.2) is 51.5 Å². The minimum atomic E-state index is -0.411. The number of hydrogen-bond acceptors (Lipinski definition) is 10. The van der Waals surface area contributed by atoms with Crippen LogP contribution in [0.1, 0.15) is 57.4 Å². The average Bonchev–Trinajstić information content (AvgIpc) is 3.76. The number of fused-ring (bicyclic) bond motifs is 1. The third-order valence-electron chi connectivity index (χ3n) is 6.24. The summed E-state index contributed by atoms with van der Waals surface area (Å²) in [5.41, 5.74) is 2.19. The zero-order chi connectivity index (χ0) is 28.8. The topological polar surface area (TPSA) is 138 Å². The fourth-order valence-corrected chi connectivity index (χ4v) is 6.55. The molecule has 0 bridgehead atoms. The summed E-state index contributed by atoms with van der Waals surface area (Å²) in [5.74, 6) is 0.316. The number of carbonyl (C=O) groups is 3. The number of rotatable bonds is 12. The van der Waals surface area contributed by atoms with E-state index in [9.17, 15) is 14.4 Å². The molecule has 0 aliphatic heterocycles. The minimum Gasteiger partial charge on any atom is -0.494 e. The van der Waals surface area contributed by atoms with Crippen molar-refractivity contribution in [3.63, 3.8) is 0 Å². The number of nitrogens with zero attached hydrogens (tertiary/aromatic N) is 3. The van der Waals surface area contributed by atoms with Crippen molar-refractivity contribution in [1.82, 2.24) is 20.1 Å². The predicted molar refractivity (Wildman–Crippen MR) is 154 cm³/mol. The quantitative estimate of drug-likeness (QED) is 0.177. The van der Waals surface area contributed by atoms with Crippen LogP contribution in [0.15, 0.2) is 52.2 Å². The first-order valence-electron chi connectivity index (χ1n) is 13.2. The molecule has 0 unspecified atom stereocenters. The van der Waals surface area contributed by atoms with Crippen molar-refractivity contribution in [3.05, 3.63) is 70.3 Å². The number of furan rings is 1. The van der Waals surface area contributed by atoms with Crippen LogP contribution in [0.2, 0.25) is 0 Å². The fourth-order valence-electron chi connectivity index (χ4n) is 4.48. The van der Waals surface area contributed by atoms with Gasteiger partial charge in [0, 0.05) is 10.6 Å². The van der Waals surface area contributed by atoms with E-state index in [0.29, 0.717) is 33.9 Å². The van der Waals surface area contributed by atoms with E-state index in [-0.39, 0.29) is 36.5 Å². The van der Waals surface area contributed by atoms with Crippen molar-refractivity contribution in [2.45, 2.75) is 44.8 Å². The van der Waals surface area contributed by atoms with Crippen LogP contribution in [0, 0.1) is 0 Å². The maximum atomic E-state index is 13.0. The molecule has 11 nitrogen and oxygen atoms in total. The molecule has 41 heavy (non-hydrogen) atoms. The standard InChI is InChI=1S/C28H29N5O6S2/c1-3-37-18-12-10-17(11-13-18)33-22(15-29-25(35)20-8-6-14-39-20)31-32-28(33)40-16-23(34)30-26-24(27(36)38-4-2)19-7-5-9-21(19)41-26/h6,8,10-14H,3-5,7,9,15-16H2,1-2H3,(H,29,35)(H,30,34). The number of anilines is 1. The molecule has 2 amide bonds. The first-order valence-corrected chi connectivity index (χ1v) is 15.0. The highest BCUT2D eigenvalue weighted by Gasteiger charge is 2.28. The van der Waals surface area contributed by atoms with Gasteiger partial charge in [-0.3, -0.25) is 14.2 Å². The van der Waals surface area contributed by atoms with Gasteiger partial charge in [-0.05, 0) is 75.1 Å².